The van der Waals surface area contributed by atoms with Gasteiger partial charge in [0.25, 0.3) is 0 Å². The van der Waals surface area contributed by atoms with E-state index in [1.54, 1.807) is 0 Å². The highest BCUT2D eigenvalue weighted by Crippen LogP contribution is 2.32. The van der Waals surface area contributed by atoms with Crippen LogP contribution in [0, 0.1) is 0 Å². The molecule has 0 saturated heterocycles. The Bertz CT molecular complexity index is 668. The first-order chi connectivity index (χ1) is 10.7. The number of aryl methyl sites for hydroxylation is 3. The molecule has 5 heteroatoms. The van der Waals surface area contributed by atoms with Gasteiger partial charge in [0.15, 0.2) is 0 Å². The van der Waals surface area contributed by atoms with Crippen molar-refractivity contribution in [2.45, 2.75) is 52.0 Å². The second-order valence-electron chi connectivity index (χ2n) is 5.78. The number of anilines is 2. The Morgan fingerprint density at radius 1 is 1.18 bits per heavy atom. The number of hydrogen-bond donors (Lipinski definition) is 2. The Balaban J connectivity index is 1.85. The van der Waals surface area contributed by atoms with Crippen LogP contribution >= 0.6 is 0 Å². The average molecular weight is 297 g/mol. The minimum atomic E-state index is 0.239. The molecule has 0 fully saturated rings. The molecule has 1 aromatic heterocycles. The summed E-state index contributed by atoms with van der Waals surface area (Å²) in [5.41, 5.74) is 11.4. The number of nitrogens with one attached hydrogen (secondary N) is 1. The normalized spacial score (nSPS) is 17.1. The van der Waals surface area contributed by atoms with Crippen LogP contribution in [-0.4, -0.2) is 15.2 Å². The summed E-state index contributed by atoms with van der Waals surface area (Å²) in [6, 6.07) is 6.41. The number of benzene rings is 1. The zero-order valence-corrected chi connectivity index (χ0v) is 13.3. The Labute approximate surface area is 131 Å². The Kier molecular flexibility index (Phi) is 4.22. The van der Waals surface area contributed by atoms with Gasteiger partial charge in [-0.25, -0.2) is 4.98 Å². The molecule has 3 rings (SSSR count). The topological polar surface area (TPSA) is 76.7 Å². The lowest BCUT2D eigenvalue weighted by Crippen LogP contribution is -2.20. The molecule has 0 spiro atoms. The Morgan fingerprint density at radius 2 is 2.00 bits per heavy atom. The molecule has 1 heterocycles. The summed E-state index contributed by atoms with van der Waals surface area (Å²) >= 11 is 0. The van der Waals surface area contributed by atoms with Gasteiger partial charge >= 0.3 is 0 Å². The maximum Gasteiger partial charge on any atom is 0.243 e. The van der Waals surface area contributed by atoms with E-state index in [-0.39, 0.29) is 6.04 Å². The van der Waals surface area contributed by atoms with Crippen LogP contribution in [0.2, 0.25) is 0 Å². The van der Waals surface area contributed by atoms with Crippen LogP contribution in [0.15, 0.2) is 18.2 Å². The maximum atomic E-state index is 5.89. The van der Waals surface area contributed by atoms with Crippen molar-refractivity contribution in [3.63, 3.8) is 0 Å². The Hall–Kier alpha value is -2.17. The monoisotopic (exact) mass is 297 g/mol. The van der Waals surface area contributed by atoms with Gasteiger partial charge in [-0.1, -0.05) is 19.9 Å². The highest BCUT2D eigenvalue weighted by atomic mass is 15.2. The predicted octanol–water partition coefficient (Wildman–Crippen LogP) is 3.07. The quantitative estimate of drug-likeness (QED) is 0.848. The van der Waals surface area contributed by atoms with Crippen molar-refractivity contribution in [2.24, 2.45) is 0 Å². The lowest BCUT2D eigenvalue weighted by atomic mass is 9.87. The summed E-state index contributed by atoms with van der Waals surface area (Å²) < 4.78 is 0. The highest BCUT2D eigenvalue weighted by molar-refractivity contribution is 5.48. The molecule has 0 bridgehead atoms. The molecule has 3 N–H and O–H groups in total. The summed E-state index contributed by atoms with van der Waals surface area (Å²) in [7, 11) is 0. The van der Waals surface area contributed by atoms with Gasteiger partial charge in [-0.3, -0.25) is 0 Å². The van der Waals surface area contributed by atoms with Crippen molar-refractivity contribution in [2.75, 3.05) is 11.1 Å². The molecule has 1 unspecified atom stereocenters. The third kappa shape index (κ3) is 2.89. The van der Waals surface area contributed by atoms with E-state index in [0.29, 0.717) is 5.95 Å². The van der Waals surface area contributed by atoms with E-state index in [1.165, 1.54) is 11.1 Å². The van der Waals surface area contributed by atoms with Crippen molar-refractivity contribution >= 4 is 11.6 Å². The standard InChI is InChI=1S/C17H23N5/c1-3-14-15(4-2)21-22-17(19-14)20-16-7-5-6-11-10-12(18)8-9-13(11)16/h8-10,16H,3-7,18H2,1-2H3,(H,19,20,22). The number of nitrogen functional groups attached to an aromatic ring is 1. The molecule has 1 aliphatic rings. The van der Waals surface area contributed by atoms with E-state index in [4.69, 9.17) is 5.73 Å². The summed E-state index contributed by atoms with van der Waals surface area (Å²) in [5, 5.41) is 12.0. The molecule has 0 amide bonds. The third-order valence-electron chi connectivity index (χ3n) is 4.29. The van der Waals surface area contributed by atoms with Crippen LogP contribution in [0.25, 0.3) is 0 Å². The van der Waals surface area contributed by atoms with Gasteiger partial charge < -0.3 is 11.1 Å². The fraction of sp³-hybridized carbons (Fsp3) is 0.471. The van der Waals surface area contributed by atoms with Crippen molar-refractivity contribution in [3.05, 3.63) is 40.7 Å². The highest BCUT2D eigenvalue weighted by Gasteiger charge is 2.21. The first-order valence-corrected chi connectivity index (χ1v) is 8.08. The first-order valence-electron chi connectivity index (χ1n) is 8.08. The van der Waals surface area contributed by atoms with E-state index in [2.05, 4.69) is 46.5 Å². The summed E-state index contributed by atoms with van der Waals surface area (Å²) in [6.45, 7) is 4.19. The van der Waals surface area contributed by atoms with Crippen molar-refractivity contribution in [3.8, 4) is 0 Å². The van der Waals surface area contributed by atoms with Crippen molar-refractivity contribution in [1.82, 2.24) is 15.2 Å². The lowest BCUT2D eigenvalue weighted by molar-refractivity contribution is 0.594. The molecule has 5 nitrogen and oxygen atoms in total. The van der Waals surface area contributed by atoms with Gasteiger partial charge in [-0.15, -0.1) is 5.10 Å². The third-order valence-corrected chi connectivity index (χ3v) is 4.29. The molecule has 2 aromatic rings. The van der Waals surface area contributed by atoms with Gasteiger partial charge in [0.05, 0.1) is 17.4 Å². The number of nitrogens with zero attached hydrogens (tertiary/aromatic N) is 3. The number of fused-ring (bicyclic) bond motifs is 1. The zero-order chi connectivity index (χ0) is 15.5. The zero-order valence-electron chi connectivity index (χ0n) is 13.3. The minimum absolute atomic E-state index is 0.239. The van der Waals surface area contributed by atoms with Crippen LogP contribution < -0.4 is 11.1 Å². The SMILES string of the molecule is CCc1nnc(NC2CCCc3cc(N)ccc32)nc1CC. The fourth-order valence-electron chi connectivity index (χ4n) is 3.14. The largest absolute Gasteiger partial charge is 0.399 e. The van der Waals surface area contributed by atoms with Gasteiger partial charge in [0.1, 0.15) is 0 Å². The molecule has 1 aromatic carbocycles. The van der Waals surface area contributed by atoms with Crippen LogP contribution in [0.1, 0.15) is 55.2 Å². The fourth-order valence-corrected chi connectivity index (χ4v) is 3.14. The van der Waals surface area contributed by atoms with Crippen molar-refractivity contribution < 1.29 is 0 Å². The molecule has 0 radical (unpaired) electrons. The number of nitrogens with two attached hydrogens (primary N) is 1. The minimum Gasteiger partial charge on any atom is -0.399 e. The van der Waals surface area contributed by atoms with Crippen LogP contribution in [-0.2, 0) is 19.3 Å². The van der Waals surface area contributed by atoms with E-state index < -0.39 is 0 Å². The van der Waals surface area contributed by atoms with Gasteiger partial charge in [-0.2, -0.15) is 5.10 Å². The second-order valence-corrected chi connectivity index (χ2v) is 5.78. The van der Waals surface area contributed by atoms with Gasteiger partial charge in [0, 0.05) is 5.69 Å². The van der Waals surface area contributed by atoms with Gasteiger partial charge in [-0.05, 0) is 55.4 Å². The molecule has 1 atom stereocenters. The number of rotatable bonds is 4. The smallest absolute Gasteiger partial charge is 0.243 e. The Morgan fingerprint density at radius 3 is 2.77 bits per heavy atom. The molecule has 116 valence electrons. The van der Waals surface area contributed by atoms with Crippen molar-refractivity contribution in [1.29, 1.82) is 0 Å². The van der Waals surface area contributed by atoms with Crippen LogP contribution in [0.3, 0.4) is 0 Å². The summed E-state index contributed by atoms with van der Waals surface area (Å²) in [6.07, 6.45) is 5.07. The summed E-state index contributed by atoms with van der Waals surface area (Å²) in [5.74, 6) is 0.628. The molecule has 1 aliphatic carbocycles. The van der Waals surface area contributed by atoms with Crippen LogP contribution in [0.4, 0.5) is 11.6 Å². The molecule has 22 heavy (non-hydrogen) atoms. The number of aromatic nitrogens is 3. The van der Waals surface area contributed by atoms with E-state index in [1.807, 2.05) is 6.07 Å². The van der Waals surface area contributed by atoms with E-state index >= 15 is 0 Å². The van der Waals surface area contributed by atoms with E-state index in [0.717, 1.165) is 49.2 Å². The predicted molar refractivity (Wildman–Crippen MR) is 88.7 cm³/mol. The molecular weight excluding hydrogens is 274 g/mol. The lowest BCUT2D eigenvalue weighted by Gasteiger charge is -2.26. The molecule has 0 saturated carbocycles. The molecule has 0 aliphatic heterocycles. The number of hydrogen-bond acceptors (Lipinski definition) is 5. The van der Waals surface area contributed by atoms with Gasteiger partial charge in [0.2, 0.25) is 5.95 Å². The first kappa shape index (κ1) is 14.8. The average Bonchev–Trinajstić information content (AvgIpc) is 2.54. The van der Waals surface area contributed by atoms with Crippen LogP contribution in [0.5, 0.6) is 0 Å². The molecular formula is C17H23N5. The summed E-state index contributed by atoms with van der Waals surface area (Å²) in [4.78, 5) is 4.64. The van der Waals surface area contributed by atoms with E-state index in [9.17, 15) is 0 Å². The second kappa shape index (κ2) is 6.30. The maximum absolute atomic E-state index is 5.89.